The van der Waals surface area contributed by atoms with Crippen LogP contribution in [0.3, 0.4) is 0 Å². The molecule has 3 rings (SSSR count). The lowest BCUT2D eigenvalue weighted by Crippen LogP contribution is -2.43. The van der Waals surface area contributed by atoms with Gasteiger partial charge >= 0.3 is 0 Å². The van der Waals surface area contributed by atoms with Crippen molar-refractivity contribution in [2.75, 3.05) is 24.6 Å². The van der Waals surface area contributed by atoms with Gasteiger partial charge in [-0.05, 0) is 37.8 Å². The Morgan fingerprint density at radius 1 is 1.26 bits per heavy atom. The predicted octanol–water partition coefficient (Wildman–Crippen LogP) is 2.62. The first-order valence-electron chi connectivity index (χ1n) is 8.51. The van der Waals surface area contributed by atoms with E-state index in [1.807, 2.05) is 6.07 Å². The van der Waals surface area contributed by atoms with E-state index < -0.39 is 0 Å². The Morgan fingerprint density at radius 2 is 2.00 bits per heavy atom. The van der Waals surface area contributed by atoms with Crippen LogP contribution in [0.1, 0.15) is 48.9 Å². The number of pyridine rings is 1. The molecule has 1 aromatic rings. The van der Waals surface area contributed by atoms with Gasteiger partial charge in [-0.1, -0.05) is 24.4 Å². The summed E-state index contributed by atoms with van der Waals surface area (Å²) in [5.74, 6) is 0.811. The number of halogens is 1. The molecule has 23 heavy (non-hydrogen) atoms. The fourth-order valence-electron chi connectivity index (χ4n) is 3.59. The Balaban J connectivity index is 1.73. The SMILES string of the molecule is O=C(NC1CCCCC1CO)c1cc(Cl)nc(N2CCCC2)c1. The number of rotatable bonds is 4. The molecule has 1 saturated carbocycles. The van der Waals surface area contributed by atoms with E-state index in [-0.39, 0.29) is 24.5 Å². The molecule has 2 aliphatic rings. The van der Waals surface area contributed by atoms with Crippen LogP contribution in [-0.4, -0.2) is 41.7 Å². The third-order valence-corrected chi connectivity index (χ3v) is 5.13. The van der Waals surface area contributed by atoms with E-state index in [0.717, 1.165) is 57.4 Å². The number of amides is 1. The van der Waals surface area contributed by atoms with Gasteiger partial charge in [-0.3, -0.25) is 4.79 Å². The standard InChI is InChI=1S/C17H24ClN3O2/c18-15-9-13(10-16(20-15)21-7-3-4-8-21)17(23)19-14-6-2-1-5-12(14)11-22/h9-10,12,14,22H,1-8,11H2,(H,19,23). The third kappa shape index (κ3) is 3.96. The largest absolute Gasteiger partial charge is 0.396 e. The van der Waals surface area contributed by atoms with Crippen LogP contribution >= 0.6 is 11.6 Å². The van der Waals surface area contributed by atoms with Crippen molar-refractivity contribution in [3.05, 3.63) is 22.8 Å². The van der Waals surface area contributed by atoms with Crippen LogP contribution in [0.2, 0.25) is 5.15 Å². The predicted molar refractivity (Wildman–Crippen MR) is 91.0 cm³/mol. The van der Waals surface area contributed by atoms with Gasteiger partial charge in [0.05, 0.1) is 0 Å². The van der Waals surface area contributed by atoms with Crippen molar-refractivity contribution in [1.82, 2.24) is 10.3 Å². The highest BCUT2D eigenvalue weighted by Gasteiger charge is 2.26. The van der Waals surface area contributed by atoms with Gasteiger partial charge in [-0.15, -0.1) is 0 Å². The number of carbonyl (C=O) groups excluding carboxylic acids is 1. The van der Waals surface area contributed by atoms with Crippen LogP contribution in [0.4, 0.5) is 5.82 Å². The molecule has 126 valence electrons. The van der Waals surface area contributed by atoms with E-state index in [4.69, 9.17) is 11.6 Å². The molecule has 1 saturated heterocycles. The Bertz CT molecular complexity index is 561. The van der Waals surface area contributed by atoms with Crippen LogP contribution in [0.15, 0.2) is 12.1 Å². The summed E-state index contributed by atoms with van der Waals surface area (Å²) in [6.07, 6.45) is 6.41. The average Bonchev–Trinajstić information content (AvgIpc) is 3.09. The van der Waals surface area contributed by atoms with E-state index >= 15 is 0 Å². The van der Waals surface area contributed by atoms with Crippen LogP contribution in [0.25, 0.3) is 0 Å². The van der Waals surface area contributed by atoms with Crippen LogP contribution in [-0.2, 0) is 0 Å². The Kier molecular flexibility index (Phi) is 5.38. The van der Waals surface area contributed by atoms with Crippen molar-refractivity contribution in [3.8, 4) is 0 Å². The molecule has 1 aromatic heterocycles. The molecule has 2 unspecified atom stereocenters. The third-order valence-electron chi connectivity index (χ3n) is 4.93. The molecule has 0 bridgehead atoms. The lowest BCUT2D eigenvalue weighted by molar-refractivity contribution is 0.0872. The molecule has 1 aliphatic carbocycles. The van der Waals surface area contributed by atoms with E-state index in [0.29, 0.717) is 10.7 Å². The van der Waals surface area contributed by atoms with Crippen LogP contribution < -0.4 is 10.2 Å². The van der Waals surface area contributed by atoms with Crippen molar-refractivity contribution in [2.45, 2.75) is 44.6 Å². The van der Waals surface area contributed by atoms with Gasteiger partial charge in [-0.2, -0.15) is 0 Å². The number of carbonyl (C=O) groups is 1. The minimum atomic E-state index is -0.125. The molecule has 0 aromatic carbocycles. The Labute approximate surface area is 142 Å². The molecule has 2 N–H and O–H groups in total. The fourth-order valence-corrected chi connectivity index (χ4v) is 3.79. The van der Waals surface area contributed by atoms with Gasteiger partial charge in [0, 0.05) is 37.2 Å². The van der Waals surface area contributed by atoms with E-state index in [2.05, 4.69) is 15.2 Å². The Hall–Kier alpha value is -1.33. The highest BCUT2D eigenvalue weighted by molar-refractivity contribution is 6.29. The van der Waals surface area contributed by atoms with Gasteiger partial charge in [0.15, 0.2) is 0 Å². The number of aromatic nitrogens is 1. The molecular weight excluding hydrogens is 314 g/mol. The fraction of sp³-hybridized carbons (Fsp3) is 0.647. The number of anilines is 1. The molecule has 2 atom stereocenters. The maximum Gasteiger partial charge on any atom is 0.251 e. The number of hydrogen-bond donors (Lipinski definition) is 2. The number of nitrogens with one attached hydrogen (secondary N) is 1. The van der Waals surface area contributed by atoms with Gasteiger partial charge in [0.2, 0.25) is 0 Å². The van der Waals surface area contributed by atoms with E-state index in [9.17, 15) is 9.90 Å². The first-order valence-corrected chi connectivity index (χ1v) is 8.89. The van der Waals surface area contributed by atoms with E-state index in [1.165, 1.54) is 0 Å². The van der Waals surface area contributed by atoms with Crippen molar-refractivity contribution >= 4 is 23.3 Å². The summed E-state index contributed by atoms with van der Waals surface area (Å²) in [6.45, 7) is 2.05. The lowest BCUT2D eigenvalue weighted by atomic mass is 9.85. The van der Waals surface area contributed by atoms with Gasteiger partial charge in [-0.25, -0.2) is 4.98 Å². The summed E-state index contributed by atoms with van der Waals surface area (Å²) in [5.41, 5.74) is 0.550. The molecule has 6 heteroatoms. The van der Waals surface area contributed by atoms with Crippen molar-refractivity contribution in [1.29, 1.82) is 0 Å². The summed E-state index contributed by atoms with van der Waals surface area (Å²) in [7, 11) is 0. The van der Waals surface area contributed by atoms with Gasteiger partial charge < -0.3 is 15.3 Å². The summed E-state index contributed by atoms with van der Waals surface area (Å²) in [4.78, 5) is 19.1. The summed E-state index contributed by atoms with van der Waals surface area (Å²) in [5, 5.41) is 12.9. The quantitative estimate of drug-likeness (QED) is 0.829. The monoisotopic (exact) mass is 337 g/mol. The highest BCUT2D eigenvalue weighted by Crippen LogP contribution is 2.25. The summed E-state index contributed by atoms with van der Waals surface area (Å²) >= 11 is 6.11. The zero-order valence-corrected chi connectivity index (χ0v) is 14.1. The molecular formula is C17H24ClN3O2. The van der Waals surface area contributed by atoms with Gasteiger partial charge in [0.1, 0.15) is 11.0 Å². The summed E-state index contributed by atoms with van der Waals surface area (Å²) < 4.78 is 0. The second kappa shape index (κ2) is 7.49. The molecule has 0 radical (unpaired) electrons. The average molecular weight is 338 g/mol. The van der Waals surface area contributed by atoms with Crippen molar-refractivity contribution < 1.29 is 9.90 Å². The molecule has 1 aliphatic heterocycles. The topological polar surface area (TPSA) is 65.5 Å². The van der Waals surface area contributed by atoms with Gasteiger partial charge in [0.25, 0.3) is 5.91 Å². The molecule has 2 heterocycles. The zero-order valence-electron chi connectivity index (χ0n) is 13.3. The number of aliphatic hydroxyl groups is 1. The maximum absolute atomic E-state index is 12.6. The number of nitrogens with zero attached hydrogens (tertiary/aromatic N) is 2. The minimum Gasteiger partial charge on any atom is -0.396 e. The smallest absolute Gasteiger partial charge is 0.251 e. The molecule has 2 fully saturated rings. The number of hydrogen-bond acceptors (Lipinski definition) is 4. The second-order valence-corrected chi connectivity index (χ2v) is 6.93. The minimum absolute atomic E-state index is 0.0448. The molecule has 1 amide bonds. The van der Waals surface area contributed by atoms with Crippen LogP contribution in [0, 0.1) is 5.92 Å². The normalized spacial score (nSPS) is 24.7. The highest BCUT2D eigenvalue weighted by atomic mass is 35.5. The molecule has 0 spiro atoms. The number of aliphatic hydroxyl groups excluding tert-OH is 1. The lowest BCUT2D eigenvalue weighted by Gasteiger charge is -2.31. The second-order valence-electron chi connectivity index (χ2n) is 6.54. The Morgan fingerprint density at radius 3 is 2.74 bits per heavy atom. The first kappa shape index (κ1) is 16.5. The van der Waals surface area contributed by atoms with E-state index in [1.54, 1.807) is 6.07 Å². The zero-order chi connectivity index (χ0) is 16.2. The van der Waals surface area contributed by atoms with Crippen molar-refractivity contribution in [2.24, 2.45) is 5.92 Å². The first-order chi connectivity index (χ1) is 11.2. The summed E-state index contributed by atoms with van der Waals surface area (Å²) in [6, 6.07) is 3.49. The maximum atomic E-state index is 12.6. The van der Waals surface area contributed by atoms with Crippen molar-refractivity contribution in [3.63, 3.8) is 0 Å². The molecule has 5 nitrogen and oxygen atoms in total. The van der Waals surface area contributed by atoms with Crippen LogP contribution in [0.5, 0.6) is 0 Å².